The van der Waals surface area contributed by atoms with Gasteiger partial charge in [0.15, 0.2) is 0 Å². The number of rotatable bonds is 6. The molecule has 142 valence electrons. The van der Waals surface area contributed by atoms with E-state index in [1.165, 1.54) is 11.1 Å². The molecule has 1 fully saturated rings. The Kier molecular flexibility index (Phi) is 6.93. The smallest absolute Gasteiger partial charge is 0.251 e. The monoisotopic (exact) mass is 382 g/mol. The van der Waals surface area contributed by atoms with Crippen LogP contribution in [0.4, 0.5) is 0 Å². The maximum absolute atomic E-state index is 12.4. The zero-order valence-corrected chi connectivity index (χ0v) is 16.5. The second-order valence-corrected chi connectivity index (χ2v) is 7.96. The molecule has 0 aliphatic carbocycles. The molecule has 27 heavy (non-hydrogen) atoms. The van der Waals surface area contributed by atoms with Crippen LogP contribution in [0.2, 0.25) is 0 Å². The molecule has 0 bridgehead atoms. The number of nitrogens with zero attached hydrogens (tertiary/aromatic N) is 1. The zero-order valence-electron chi connectivity index (χ0n) is 15.7. The lowest BCUT2D eigenvalue weighted by atomic mass is 10.0. The summed E-state index contributed by atoms with van der Waals surface area (Å²) in [4.78, 5) is 26.6. The van der Waals surface area contributed by atoms with Crippen LogP contribution >= 0.6 is 11.8 Å². The lowest BCUT2D eigenvalue weighted by Gasteiger charge is -2.32. The molecule has 3 rings (SSSR count). The molecule has 0 saturated carbocycles. The summed E-state index contributed by atoms with van der Waals surface area (Å²) in [6, 6.07) is 17.8. The Hall–Kier alpha value is -2.27. The lowest BCUT2D eigenvalue weighted by Crippen LogP contribution is -2.47. The SMILES string of the molecule is Cc1cccc(CSCC(=O)N2CCC(NC(=O)c3ccccc3)CC2)c1. The molecule has 0 spiro atoms. The van der Waals surface area contributed by atoms with Gasteiger partial charge in [0.1, 0.15) is 0 Å². The Balaban J connectivity index is 1.38. The Morgan fingerprint density at radius 3 is 2.52 bits per heavy atom. The van der Waals surface area contributed by atoms with Crippen molar-refractivity contribution in [3.8, 4) is 0 Å². The van der Waals surface area contributed by atoms with Gasteiger partial charge in [-0.3, -0.25) is 9.59 Å². The quantitative estimate of drug-likeness (QED) is 0.830. The van der Waals surface area contributed by atoms with Crippen LogP contribution in [0.5, 0.6) is 0 Å². The Morgan fingerprint density at radius 1 is 1.07 bits per heavy atom. The predicted molar refractivity (Wildman–Crippen MR) is 111 cm³/mol. The molecule has 0 radical (unpaired) electrons. The van der Waals surface area contributed by atoms with Crippen molar-refractivity contribution in [2.45, 2.75) is 31.6 Å². The number of hydrogen-bond acceptors (Lipinski definition) is 3. The van der Waals surface area contributed by atoms with Crippen LogP contribution in [-0.4, -0.2) is 41.6 Å². The molecule has 1 aliphatic heterocycles. The molecule has 2 aromatic rings. The summed E-state index contributed by atoms with van der Waals surface area (Å²) in [6.45, 7) is 3.51. The minimum Gasteiger partial charge on any atom is -0.349 e. The van der Waals surface area contributed by atoms with Gasteiger partial charge in [-0.2, -0.15) is 0 Å². The first-order valence-electron chi connectivity index (χ1n) is 9.39. The second kappa shape index (κ2) is 9.60. The number of thioether (sulfide) groups is 1. The van der Waals surface area contributed by atoms with Crippen LogP contribution in [0, 0.1) is 6.92 Å². The van der Waals surface area contributed by atoms with Gasteiger partial charge in [-0.1, -0.05) is 48.0 Å². The molecule has 1 saturated heterocycles. The molecular weight excluding hydrogens is 356 g/mol. The van der Waals surface area contributed by atoms with Crippen molar-refractivity contribution in [1.29, 1.82) is 0 Å². The molecule has 2 aromatic carbocycles. The van der Waals surface area contributed by atoms with Crippen LogP contribution in [-0.2, 0) is 10.5 Å². The zero-order chi connectivity index (χ0) is 19.1. The standard InChI is InChI=1S/C22H26N2O2S/c1-17-6-5-7-18(14-17)15-27-16-21(25)24-12-10-20(11-13-24)23-22(26)19-8-3-2-4-9-19/h2-9,14,20H,10-13,15-16H2,1H3,(H,23,26). The summed E-state index contributed by atoms with van der Waals surface area (Å²) < 4.78 is 0. The van der Waals surface area contributed by atoms with Crippen molar-refractivity contribution in [3.05, 3.63) is 71.3 Å². The number of amides is 2. The highest BCUT2D eigenvalue weighted by Crippen LogP contribution is 2.17. The van der Waals surface area contributed by atoms with Gasteiger partial charge in [0.25, 0.3) is 5.91 Å². The Labute approximate surface area is 165 Å². The Bertz CT molecular complexity index is 771. The van der Waals surface area contributed by atoms with Gasteiger partial charge in [0, 0.05) is 30.4 Å². The summed E-state index contributed by atoms with van der Waals surface area (Å²) in [7, 11) is 0. The van der Waals surface area contributed by atoms with E-state index in [-0.39, 0.29) is 17.9 Å². The van der Waals surface area contributed by atoms with Crippen molar-refractivity contribution in [2.24, 2.45) is 0 Å². The fourth-order valence-corrected chi connectivity index (χ4v) is 4.16. The summed E-state index contributed by atoms with van der Waals surface area (Å²) in [5.41, 5.74) is 3.19. The van der Waals surface area contributed by atoms with Gasteiger partial charge in [0.2, 0.25) is 5.91 Å². The average molecular weight is 383 g/mol. The normalized spacial score (nSPS) is 14.8. The lowest BCUT2D eigenvalue weighted by molar-refractivity contribution is -0.129. The van der Waals surface area contributed by atoms with Crippen LogP contribution in [0.25, 0.3) is 0 Å². The van der Waals surface area contributed by atoms with Crippen molar-refractivity contribution in [2.75, 3.05) is 18.8 Å². The first-order valence-corrected chi connectivity index (χ1v) is 10.5. The number of piperidine rings is 1. The van der Waals surface area contributed by atoms with Crippen LogP contribution < -0.4 is 5.32 Å². The van der Waals surface area contributed by atoms with Crippen LogP contribution in [0.3, 0.4) is 0 Å². The van der Waals surface area contributed by atoms with Gasteiger partial charge < -0.3 is 10.2 Å². The van der Waals surface area contributed by atoms with Gasteiger partial charge in [-0.05, 0) is 37.5 Å². The van der Waals surface area contributed by atoms with E-state index in [1.54, 1.807) is 11.8 Å². The topological polar surface area (TPSA) is 49.4 Å². The highest BCUT2D eigenvalue weighted by Gasteiger charge is 2.23. The molecule has 0 unspecified atom stereocenters. The number of likely N-dealkylation sites (tertiary alicyclic amines) is 1. The van der Waals surface area contributed by atoms with E-state index in [4.69, 9.17) is 0 Å². The highest BCUT2D eigenvalue weighted by molar-refractivity contribution is 7.99. The number of hydrogen-bond donors (Lipinski definition) is 1. The summed E-state index contributed by atoms with van der Waals surface area (Å²) in [5, 5.41) is 3.08. The largest absolute Gasteiger partial charge is 0.349 e. The van der Waals surface area contributed by atoms with Crippen molar-refractivity contribution in [1.82, 2.24) is 10.2 Å². The molecule has 0 aromatic heterocycles. The van der Waals surface area contributed by atoms with E-state index in [9.17, 15) is 9.59 Å². The fourth-order valence-electron chi connectivity index (χ4n) is 3.28. The minimum atomic E-state index is -0.0333. The second-order valence-electron chi connectivity index (χ2n) is 6.98. The molecule has 1 aliphatic rings. The maximum Gasteiger partial charge on any atom is 0.251 e. The van der Waals surface area contributed by atoms with E-state index in [1.807, 2.05) is 35.2 Å². The maximum atomic E-state index is 12.4. The van der Waals surface area contributed by atoms with Crippen molar-refractivity contribution in [3.63, 3.8) is 0 Å². The molecule has 4 nitrogen and oxygen atoms in total. The van der Waals surface area contributed by atoms with Crippen LogP contribution in [0.15, 0.2) is 54.6 Å². The number of nitrogens with one attached hydrogen (secondary N) is 1. The minimum absolute atomic E-state index is 0.0333. The number of aryl methyl sites for hydroxylation is 1. The highest BCUT2D eigenvalue weighted by atomic mass is 32.2. The van der Waals surface area contributed by atoms with E-state index >= 15 is 0 Å². The van der Waals surface area contributed by atoms with E-state index in [2.05, 4.69) is 36.5 Å². The molecule has 2 amide bonds. The Morgan fingerprint density at radius 2 is 1.81 bits per heavy atom. The molecular formula is C22H26N2O2S. The third-order valence-corrected chi connectivity index (χ3v) is 5.78. The van der Waals surface area contributed by atoms with Gasteiger partial charge in [0.05, 0.1) is 5.75 Å². The van der Waals surface area contributed by atoms with E-state index in [0.717, 1.165) is 18.6 Å². The fraction of sp³-hybridized carbons (Fsp3) is 0.364. The van der Waals surface area contributed by atoms with Gasteiger partial charge in [-0.15, -0.1) is 11.8 Å². The van der Waals surface area contributed by atoms with E-state index in [0.29, 0.717) is 24.4 Å². The summed E-state index contributed by atoms with van der Waals surface area (Å²) in [5.74, 6) is 1.53. The number of carbonyl (C=O) groups is 2. The molecule has 1 N–H and O–H groups in total. The number of carbonyl (C=O) groups excluding carboxylic acids is 2. The van der Waals surface area contributed by atoms with Crippen molar-refractivity contribution < 1.29 is 9.59 Å². The first-order chi connectivity index (χ1) is 13.1. The molecule has 0 atom stereocenters. The van der Waals surface area contributed by atoms with Crippen molar-refractivity contribution >= 4 is 23.6 Å². The van der Waals surface area contributed by atoms with E-state index < -0.39 is 0 Å². The average Bonchev–Trinajstić information content (AvgIpc) is 2.69. The third kappa shape index (κ3) is 5.86. The van der Waals surface area contributed by atoms with Crippen LogP contribution in [0.1, 0.15) is 34.3 Å². The molecule has 1 heterocycles. The van der Waals surface area contributed by atoms with Gasteiger partial charge in [-0.25, -0.2) is 0 Å². The number of benzene rings is 2. The first kappa shape index (κ1) is 19.5. The van der Waals surface area contributed by atoms with Gasteiger partial charge >= 0.3 is 0 Å². The molecule has 5 heteroatoms. The summed E-state index contributed by atoms with van der Waals surface area (Å²) >= 11 is 1.66. The summed E-state index contributed by atoms with van der Waals surface area (Å²) in [6.07, 6.45) is 1.62. The third-order valence-electron chi connectivity index (χ3n) is 4.80. The predicted octanol–water partition coefficient (Wildman–Crippen LogP) is 3.65.